The molecule has 0 saturated carbocycles. The summed E-state index contributed by atoms with van der Waals surface area (Å²) in [6, 6.07) is 6.18. The van der Waals surface area contributed by atoms with Gasteiger partial charge in [0.1, 0.15) is 5.75 Å². The molecule has 0 spiro atoms. The zero-order valence-electron chi connectivity index (χ0n) is 6.75. The first-order valence-corrected chi connectivity index (χ1v) is 4.24. The topological polar surface area (TPSA) is 37.3 Å². The molecule has 0 saturated heterocycles. The molecule has 0 heterocycles. The third-order valence-electron chi connectivity index (χ3n) is 1.31. The van der Waals surface area contributed by atoms with E-state index in [9.17, 15) is 4.79 Å². The number of rotatable bonds is 2. The van der Waals surface area contributed by atoms with Crippen molar-refractivity contribution in [3.05, 3.63) is 29.8 Å². The third-order valence-corrected chi connectivity index (χ3v) is 1.82. The van der Waals surface area contributed by atoms with Gasteiger partial charge >= 0.3 is 29.6 Å². The Hall–Kier alpha value is 0.170. The molecule has 2 nitrogen and oxygen atoms in total. The molecule has 0 aliphatic rings. The molecule has 0 aromatic heterocycles. The van der Waals surface area contributed by atoms with Crippen molar-refractivity contribution in [3.8, 4) is 5.75 Å². The number of halogens is 1. The van der Waals surface area contributed by atoms with Crippen LogP contribution in [-0.2, 0) is 0 Å². The van der Waals surface area contributed by atoms with Gasteiger partial charge < -0.3 is 5.11 Å². The molecule has 12 heavy (non-hydrogen) atoms. The number of phenols is 1. The molecule has 0 radical (unpaired) electrons. The van der Waals surface area contributed by atoms with Crippen LogP contribution in [0.1, 0.15) is 10.4 Å². The van der Waals surface area contributed by atoms with Crippen molar-refractivity contribution in [2.75, 3.05) is 5.33 Å². The second kappa shape index (κ2) is 5.75. The summed E-state index contributed by atoms with van der Waals surface area (Å²) in [4.78, 5) is 11.0. The largest absolute Gasteiger partial charge is 1.00 e. The van der Waals surface area contributed by atoms with E-state index in [1.54, 1.807) is 12.1 Å². The predicted octanol–water partition coefficient (Wildman–Crippen LogP) is -1.03. The van der Waals surface area contributed by atoms with Crippen molar-refractivity contribution >= 4 is 21.7 Å². The first kappa shape index (κ1) is 12.2. The SMILES string of the molecule is O=C(CBr)c1ccc(O)cc1.[Na+]. The summed E-state index contributed by atoms with van der Waals surface area (Å²) in [5.41, 5.74) is 0.611. The van der Waals surface area contributed by atoms with Crippen LogP contribution in [0.4, 0.5) is 0 Å². The number of phenolic OH excluding ortho intramolecular Hbond substituents is 1. The second-order valence-electron chi connectivity index (χ2n) is 2.10. The molecule has 1 rings (SSSR count). The van der Waals surface area contributed by atoms with Gasteiger partial charge in [0.05, 0.1) is 5.33 Å². The Labute approximate surface area is 101 Å². The number of benzene rings is 1. The Morgan fingerprint density at radius 2 is 1.83 bits per heavy atom. The summed E-state index contributed by atoms with van der Waals surface area (Å²) in [5.74, 6) is 0.195. The van der Waals surface area contributed by atoms with E-state index in [4.69, 9.17) is 5.11 Å². The number of alkyl halides is 1. The van der Waals surface area contributed by atoms with E-state index in [1.807, 2.05) is 0 Å². The Morgan fingerprint density at radius 3 is 2.25 bits per heavy atom. The van der Waals surface area contributed by atoms with Gasteiger partial charge in [0.25, 0.3) is 0 Å². The van der Waals surface area contributed by atoms with E-state index in [2.05, 4.69) is 15.9 Å². The summed E-state index contributed by atoms with van der Waals surface area (Å²) in [6.07, 6.45) is 0. The van der Waals surface area contributed by atoms with E-state index < -0.39 is 0 Å². The number of hydrogen-bond acceptors (Lipinski definition) is 2. The molecule has 0 unspecified atom stereocenters. The summed E-state index contributed by atoms with van der Waals surface area (Å²) in [6.45, 7) is 0. The first-order valence-electron chi connectivity index (χ1n) is 3.12. The Morgan fingerprint density at radius 1 is 1.33 bits per heavy atom. The van der Waals surface area contributed by atoms with Gasteiger partial charge in [-0.05, 0) is 24.3 Å². The van der Waals surface area contributed by atoms with Gasteiger partial charge in [-0.15, -0.1) is 0 Å². The molecule has 0 atom stereocenters. The summed E-state index contributed by atoms with van der Waals surface area (Å²) >= 11 is 3.06. The van der Waals surface area contributed by atoms with Gasteiger partial charge in [-0.3, -0.25) is 4.79 Å². The van der Waals surface area contributed by atoms with Gasteiger partial charge in [-0.2, -0.15) is 0 Å². The zero-order valence-corrected chi connectivity index (χ0v) is 10.3. The smallest absolute Gasteiger partial charge is 0.508 e. The van der Waals surface area contributed by atoms with Crippen LogP contribution in [0, 0.1) is 0 Å². The quantitative estimate of drug-likeness (QED) is 0.406. The predicted molar refractivity (Wildman–Crippen MR) is 46.2 cm³/mol. The number of carbonyl (C=O) groups is 1. The van der Waals surface area contributed by atoms with Crippen LogP contribution >= 0.6 is 15.9 Å². The first-order chi connectivity index (χ1) is 5.24. The fourth-order valence-electron chi connectivity index (χ4n) is 0.724. The molecule has 0 fully saturated rings. The van der Waals surface area contributed by atoms with Gasteiger partial charge in [-0.1, -0.05) is 15.9 Å². The summed E-state index contributed by atoms with van der Waals surface area (Å²) in [7, 11) is 0. The molecule has 0 amide bonds. The summed E-state index contributed by atoms with van der Waals surface area (Å²) in [5, 5.41) is 9.21. The average molecular weight is 238 g/mol. The van der Waals surface area contributed by atoms with E-state index in [0.717, 1.165) is 0 Å². The molecule has 4 heteroatoms. The van der Waals surface area contributed by atoms with E-state index in [1.165, 1.54) is 12.1 Å². The molecular weight excluding hydrogens is 231 g/mol. The van der Waals surface area contributed by atoms with Gasteiger partial charge in [-0.25, -0.2) is 0 Å². The fraction of sp³-hybridized carbons (Fsp3) is 0.125. The van der Waals surface area contributed by atoms with Gasteiger partial charge in [0, 0.05) is 5.56 Å². The fourth-order valence-corrected chi connectivity index (χ4v) is 1.05. The molecule has 0 bridgehead atoms. The Kier molecular flexibility index (Phi) is 5.84. The second-order valence-corrected chi connectivity index (χ2v) is 2.66. The average Bonchev–Trinajstić information content (AvgIpc) is 2.05. The van der Waals surface area contributed by atoms with Crippen LogP contribution in [-0.4, -0.2) is 16.2 Å². The number of Topliss-reactive ketones (excluding diaryl/α,β-unsaturated/α-hetero) is 1. The molecule has 0 aliphatic carbocycles. The number of carbonyl (C=O) groups excluding carboxylic acids is 1. The van der Waals surface area contributed by atoms with E-state index in [-0.39, 0.29) is 41.1 Å². The Balaban J connectivity index is 0.00000121. The standard InChI is InChI=1S/C8H7BrO2.Na/c9-5-8(11)6-1-3-7(10)4-2-6;/h1-4,10H,5H2;/q;+1. The van der Waals surface area contributed by atoms with Crippen LogP contribution in [0.25, 0.3) is 0 Å². The minimum absolute atomic E-state index is 0. The number of aromatic hydroxyl groups is 1. The molecule has 1 aromatic rings. The molecular formula is C8H7BrNaO2+. The van der Waals surface area contributed by atoms with Crippen molar-refractivity contribution in [1.82, 2.24) is 0 Å². The van der Waals surface area contributed by atoms with Crippen molar-refractivity contribution in [1.29, 1.82) is 0 Å². The molecule has 1 aromatic carbocycles. The minimum atomic E-state index is 0. The van der Waals surface area contributed by atoms with Crippen molar-refractivity contribution in [2.24, 2.45) is 0 Å². The molecule has 0 aliphatic heterocycles. The molecule has 1 N–H and O–H groups in total. The minimum Gasteiger partial charge on any atom is -0.508 e. The van der Waals surface area contributed by atoms with Crippen LogP contribution in [0.5, 0.6) is 5.75 Å². The monoisotopic (exact) mass is 237 g/mol. The maximum Gasteiger partial charge on any atom is 1.00 e. The third kappa shape index (κ3) is 3.27. The number of hydrogen-bond donors (Lipinski definition) is 1. The van der Waals surface area contributed by atoms with Crippen LogP contribution in [0.3, 0.4) is 0 Å². The number of ketones is 1. The zero-order chi connectivity index (χ0) is 8.27. The summed E-state index contributed by atoms with van der Waals surface area (Å²) < 4.78 is 0. The van der Waals surface area contributed by atoms with Gasteiger partial charge in [0.15, 0.2) is 5.78 Å². The molecule has 58 valence electrons. The van der Waals surface area contributed by atoms with Crippen molar-refractivity contribution < 1.29 is 39.5 Å². The maximum absolute atomic E-state index is 11.0. The maximum atomic E-state index is 11.0. The Bertz CT molecular complexity index is 258. The van der Waals surface area contributed by atoms with Crippen molar-refractivity contribution in [2.45, 2.75) is 0 Å². The van der Waals surface area contributed by atoms with E-state index >= 15 is 0 Å². The van der Waals surface area contributed by atoms with Crippen LogP contribution in [0.15, 0.2) is 24.3 Å². The van der Waals surface area contributed by atoms with Gasteiger partial charge in [0.2, 0.25) is 0 Å². The van der Waals surface area contributed by atoms with Crippen LogP contribution in [0.2, 0.25) is 0 Å². The van der Waals surface area contributed by atoms with E-state index in [0.29, 0.717) is 10.9 Å². The van der Waals surface area contributed by atoms with Crippen molar-refractivity contribution in [3.63, 3.8) is 0 Å². The normalized spacial score (nSPS) is 8.75. The van der Waals surface area contributed by atoms with Crippen LogP contribution < -0.4 is 29.6 Å².